The van der Waals surface area contributed by atoms with Crippen LogP contribution in [0.1, 0.15) is 45.4 Å². The van der Waals surface area contributed by atoms with Crippen LogP contribution in [0.25, 0.3) is 0 Å². The maximum absolute atomic E-state index is 5.39. The molecule has 0 aliphatic heterocycles. The normalized spacial score (nSPS) is 17.1. The molecule has 1 saturated carbocycles. The van der Waals surface area contributed by atoms with E-state index in [1.54, 1.807) is 0 Å². The van der Waals surface area contributed by atoms with Crippen molar-refractivity contribution >= 4 is 11.6 Å². The van der Waals surface area contributed by atoms with Crippen LogP contribution in [0.5, 0.6) is 0 Å². The van der Waals surface area contributed by atoms with Crippen molar-refractivity contribution in [2.24, 2.45) is 5.41 Å². The van der Waals surface area contributed by atoms with Crippen LogP contribution >= 0.6 is 0 Å². The van der Waals surface area contributed by atoms with Gasteiger partial charge in [-0.15, -0.1) is 0 Å². The molecule has 1 fully saturated rings. The number of nitrogens with zero attached hydrogens (tertiary/aromatic N) is 2. The third-order valence-electron chi connectivity index (χ3n) is 3.97. The van der Waals surface area contributed by atoms with Crippen LogP contribution < -0.4 is 10.6 Å². The second-order valence-corrected chi connectivity index (χ2v) is 5.81. The summed E-state index contributed by atoms with van der Waals surface area (Å²) in [6.07, 6.45) is 5.30. The van der Waals surface area contributed by atoms with Crippen molar-refractivity contribution < 1.29 is 4.74 Å². The van der Waals surface area contributed by atoms with Gasteiger partial charge in [0, 0.05) is 26.3 Å². The van der Waals surface area contributed by atoms with Crippen molar-refractivity contribution in [1.82, 2.24) is 9.97 Å². The number of rotatable bonds is 7. The Bertz CT molecular complexity index is 430. The lowest BCUT2D eigenvalue weighted by atomic mass is 9.89. The first kappa shape index (κ1) is 15.0. The van der Waals surface area contributed by atoms with Gasteiger partial charge in [-0.05, 0) is 25.2 Å². The molecule has 2 N–H and O–H groups in total. The zero-order valence-electron chi connectivity index (χ0n) is 12.8. The minimum absolute atomic E-state index is 0.408. The largest absolute Gasteiger partial charge is 0.374 e. The quantitative estimate of drug-likeness (QED) is 0.803. The highest BCUT2D eigenvalue weighted by atomic mass is 16.5. The molecule has 1 aromatic heterocycles. The van der Waals surface area contributed by atoms with Crippen LogP contribution in [0.3, 0.4) is 0 Å². The third kappa shape index (κ3) is 4.07. The topological polar surface area (TPSA) is 59.1 Å². The molecule has 0 saturated heterocycles. The number of anilines is 2. The summed E-state index contributed by atoms with van der Waals surface area (Å²) in [7, 11) is 1.87. The van der Waals surface area contributed by atoms with Gasteiger partial charge in [0.2, 0.25) is 0 Å². The van der Waals surface area contributed by atoms with Crippen LogP contribution in [-0.2, 0) is 11.3 Å². The van der Waals surface area contributed by atoms with Crippen molar-refractivity contribution in [1.29, 1.82) is 0 Å². The monoisotopic (exact) mass is 278 g/mol. The van der Waals surface area contributed by atoms with E-state index in [1.807, 2.05) is 20.0 Å². The van der Waals surface area contributed by atoms with Crippen LogP contribution in [0.4, 0.5) is 11.6 Å². The molecule has 5 nitrogen and oxygen atoms in total. The maximum atomic E-state index is 5.39. The SMILES string of the molecule is CCOCc1nc(NC)cc(NCC2(C)CCCC2)n1. The molecular weight excluding hydrogens is 252 g/mol. The predicted molar refractivity (Wildman–Crippen MR) is 82.0 cm³/mol. The molecule has 1 aliphatic carbocycles. The van der Waals surface area contributed by atoms with Gasteiger partial charge >= 0.3 is 0 Å². The molecule has 0 bridgehead atoms. The summed E-state index contributed by atoms with van der Waals surface area (Å²) >= 11 is 0. The van der Waals surface area contributed by atoms with Crippen molar-refractivity contribution in [2.75, 3.05) is 30.8 Å². The molecule has 2 rings (SSSR count). The molecule has 1 heterocycles. The van der Waals surface area contributed by atoms with E-state index in [1.165, 1.54) is 25.7 Å². The van der Waals surface area contributed by atoms with E-state index in [4.69, 9.17) is 4.74 Å². The fourth-order valence-corrected chi connectivity index (χ4v) is 2.68. The Morgan fingerprint density at radius 2 is 1.95 bits per heavy atom. The second-order valence-electron chi connectivity index (χ2n) is 5.81. The lowest BCUT2D eigenvalue weighted by molar-refractivity contribution is 0.128. The summed E-state index contributed by atoms with van der Waals surface area (Å²) in [5.74, 6) is 2.43. The van der Waals surface area contributed by atoms with Gasteiger partial charge in [-0.25, -0.2) is 9.97 Å². The zero-order chi connectivity index (χ0) is 14.4. The minimum atomic E-state index is 0.408. The molecule has 5 heteroatoms. The lowest BCUT2D eigenvalue weighted by Crippen LogP contribution is -2.23. The Morgan fingerprint density at radius 3 is 2.60 bits per heavy atom. The minimum Gasteiger partial charge on any atom is -0.374 e. The number of hydrogen-bond acceptors (Lipinski definition) is 5. The van der Waals surface area contributed by atoms with Gasteiger partial charge in [-0.2, -0.15) is 0 Å². The Kier molecular flexibility index (Phi) is 5.17. The second kappa shape index (κ2) is 6.88. The highest BCUT2D eigenvalue weighted by Crippen LogP contribution is 2.37. The summed E-state index contributed by atoms with van der Waals surface area (Å²) in [6.45, 7) is 6.43. The van der Waals surface area contributed by atoms with Crippen molar-refractivity contribution in [3.05, 3.63) is 11.9 Å². The summed E-state index contributed by atoms with van der Waals surface area (Å²) in [4.78, 5) is 8.92. The van der Waals surface area contributed by atoms with Crippen LogP contribution in [-0.4, -0.2) is 30.2 Å². The first-order valence-electron chi connectivity index (χ1n) is 7.52. The summed E-state index contributed by atoms with van der Waals surface area (Å²) in [5.41, 5.74) is 0.408. The molecule has 0 spiro atoms. The van der Waals surface area contributed by atoms with Crippen LogP contribution in [0, 0.1) is 5.41 Å². The van der Waals surface area contributed by atoms with Gasteiger partial charge in [-0.3, -0.25) is 0 Å². The third-order valence-corrected chi connectivity index (χ3v) is 3.97. The maximum Gasteiger partial charge on any atom is 0.158 e. The van der Waals surface area contributed by atoms with Crippen LogP contribution in [0.2, 0.25) is 0 Å². The average Bonchev–Trinajstić information content (AvgIpc) is 2.90. The van der Waals surface area contributed by atoms with Crippen molar-refractivity contribution in [3.8, 4) is 0 Å². The van der Waals surface area contributed by atoms with Gasteiger partial charge in [0.05, 0.1) is 0 Å². The van der Waals surface area contributed by atoms with E-state index >= 15 is 0 Å². The molecular formula is C15H26N4O. The highest BCUT2D eigenvalue weighted by Gasteiger charge is 2.28. The number of hydrogen-bond donors (Lipinski definition) is 2. The molecule has 1 aromatic rings. The van der Waals surface area contributed by atoms with Gasteiger partial charge in [0.1, 0.15) is 18.2 Å². The molecule has 20 heavy (non-hydrogen) atoms. The lowest BCUT2D eigenvalue weighted by Gasteiger charge is -2.24. The Labute approximate surface area is 121 Å². The van der Waals surface area contributed by atoms with E-state index in [9.17, 15) is 0 Å². The number of aromatic nitrogens is 2. The van der Waals surface area contributed by atoms with E-state index < -0.39 is 0 Å². The van der Waals surface area contributed by atoms with Crippen molar-refractivity contribution in [2.45, 2.75) is 46.1 Å². The van der Waals surface area contributed by atoms with Crippen molar-refractivity contribution in [3.63, 3.8) is 0 Å². The molecule has 0 atom stereocenters. The Hall–Kier alpha value is -1.36. The molecule has 1 aliphatic rings. The Morgan fingerprint density at radius 1 is 1.25 bits per heavy atom. The van der Waals surface area contributed by atoms with Gasteiger partial charge in [0.15, 0.2) is 5.82 Å². The van der Waals surface area contributed by atoms with Gasteiger partial charge < -0.3 is 15.4 Å². The highest BCUT2D eigenvalue weighted by molar-refractivity contribution is 5.47. The molecule has 112 valence electrons. The first-order chi connectivity index (χ1) is 9.65. The Balaban J connectivity index is 2.01. The molecule has 0 unspecified atom stereocenters. The van der Waals surface area contributed by atoms with E-state index in [-0.39, 0.29) is 0 Å². The average molecular weight is 278 g/mol. The van der Waals surface area contributed by atoms with Gasteiger partial charge in [0.25, 0.3) is 0 Å². The summed E-state index contributed by atoms with van der Waals surface area (Å²) < 4.78 is 5.39. The van der Waals surface area contributed by atoms with Crippen LogP contribution in [0.15, 0.2) is 6.07 Å². The predicted octanol–water partition coefficient (Wildman–Crippen LogP) is 3.05. The smallest absolute Gasteiger partial charge is 0.158 e. The van der Waals surface area contributed by atoms with Gasteiger partial charge in [-0.1, -0.05) is 19.8 Å². The first-order valence-corrected chi connectivity index (χ1v) is 7.52. The van der Waals surface area contributed by atoms with E-state index in [0.717, 1.165) is 24.0 Å². The fourth-order valence-electron chi connectivity index (χ4n) is 2.68. The van der Waals surface area contributed by atoms with E-state index in [0.29, 0.717) is 18.6 Å². The molecule has 0 radical (unpaired) electrons. The number of ether oxygens (including phenoxy) is 1. The fraction of sp³-hybridized carbons (Fsp3) is 0.733. The summed E-state index contributed by atoms with van der Waals surface area (Å²) in [5, 5.41) is 6.55. The molecule has 0 amide bonds. The zero-order valence-corrected chi connectivity index (χ0v) is 12.8. The standard InChI is InChI=1S/C15H26N4O/c1-4-20-10-14-18-12(16-3)9-13(19-14)17-11-15(2)7-5-6-8-15/h9H,4-8,10-11H2,1-3H3,(H2,16,17,18,19). The number of nitrogens with one attached hydrogen (secondary N) is 2. The van der Waals surface area contributed by atoms with E-state index in [2.05, 4.69) is 27.5 Å². The summed E-state index contributed by atoms with van der Waals surface area (Å²) in [6, 6.07) is 1.95. The molecule has 0 aromatic carbocycles.